The van der Waals surface area contributed by atoms with E-state index in [4.69, 9.17) is 10.5 Å². The van der Waals surface area contributed by atoms with Gasteiger partial charge < -0.3 is 21.1 Å². The van der Waals surface area contributed by atoms with Crippen molar-refractivity contribution in [2.45, 2.75) is 52.2 Å². The number of esters is 1. The second kappa shape index (κ2) is 15.2. The van der Waals surface area contributed by atoms with Crippen LogP contribution in [0.25, 0.3) is 0 Å². The van der Waals surface area contributed by atoms with Crippen molar-refractivity contribution in [3.63, 3.8) is 0 Å². The van der Waals surface area contributed by atoms with Gasteiger partial charge in [0.1, 0.15) is 6.04 Å². The lowest BCUT2D eigenvalue weighted by Crippen LogP contribution is -2.45. The summed E-state index contributed by atoms with van der Waals surface area (Å²) in [6.45, 7) is 8.90. The van der Waals surface area contributed by atoms with Crippen LogP contribution in [0.5, 0.6) is 0 Å². The minimum absolute atomic E-state index is 0.0144. The Morgan fingerprint density at radius 2 is 1.82 bits per heavy atom. The fourth-order valence-corrected chi connectivity index (χ4v) is 3.23. The van der Waals surface area contributed by atoms with Crippen LogP contribution in [0.1, 0.15) is 34.1 Å². The van der Waals surface area contributed by atoms with Crippen LogP contribution in [0.4, 0.5) is 0 Å². The van der Waals surface area contributed by atoms with Crippen LogP contribution < -0.4 is 16.4 Å². The molecule has 4 N–H and O–H groups in total. The predicted octanol–water partition coefficient (Wildman–Crippen LogP) is 2.10. The molecule has 8 heteroatoms. The smallest absolute Gasteiger partial charge is 0.328 e. The summed E-state index contributed by atoms with van der Waals surface area (Å²) in [7, 11) is 1.34. The van der Waals surface area contributed by atoms with Crippen molar-refractivity contribution in [2.24, 2.45) is 23.5 Å². The first-order chi connectivity index (χ1) is 13.2. The van der Waals surface area contributed by atoms with Gasteiger partial charge in [-0.3, -0.25) is 4.79 Å². The maximum Gasteiger partial charge on any atom is 0.328 e. The third-order valence-electron chi connectivity index (χ3n) is 4.53. The van der Waals surface area contributed by atoms with Crippen LogP contribution in [0.2, 0.25) is 0 Å². The molecule has 4 atom stereocenters. The number of amides is 1. The highest BCUT2D eigenvalue weighted by molar-refractivity contribution is 7.98. The molecule has 0 radical (unpaired) electrons. The topological polar surface area (TPSA) is 93.4 Å². The molecule has 1 amide bonds. The first-order valence-electron chi connectivity index (χ1n) is 9.83. The van der Waals surface area contributed by atoms with Gasteiger partial charge in [-0.25, -0.2) is 4.79 Å². The first kappa shape index (κ1) is 27.3. The molecule has 0 saturated carbocycles. The Morgan fingerprint density at radius 3 is 2.29 bits per heavy atom. The van der Waals surface area contributed by atoms with Crippen molar-refractivity contribution < 1.29 is 14.3 Å². The van der Waals surface area contributed by atoms with E-state index in [0.29, 0.717) is 24.6 Å². The number of hydrogen-bond acceptors (Lipinski definition) is 7. The molecule has 6 nitrogen and oxygen atoms in total. The summed E-state index contributed by atoms with van der Waals surface area (Å²) in [6, 6.07) is -0.528. The number of ether oxygens (including phenoxy) is 1. The summed E-state index contributed by atoms with van der Waals surface area (Å²) in [5, 5.41) is 6.30. The van der Waals surface area contributed by atoms with Gasteiger partial charge in [-0.15, -0.1) is 0 Å². The molecule has 0 aromatic heterocycles. The summed E-state index contributed by atoms with van der Waals surface area (Å²) in [5.41, 5.74) is 5.94. The molecule has 0 unspecified atom stereocenters. The highest BCUT2D eigenvalue weighted by Gasteiger charge is 2.26. The van der Waals surface area contributed by atoms with Crippen LogP contribution in [0.3, 0.4) is 0 Å². The Bertz CT molecular complexity index is 487. The van der Waals surface area contributed by atoms with E-state index in [0.717, 1.165) is 5.75 Å². The molecule has 0 aliphatic rings. The van der Waals surface area contributed by atoms with Gasteiger partial charge in [-0.1, -0.05) is 39.8 Å². The molecule has 0 aromatic rings. The average Bonchev–Trinajstić information content (AvgIpc) is 2.65. The standard InChI is InChI=1S/C20H39N3O3S2/c1-13(2)16(7-8-17(14(3)4)22-11-15(21)12-27)19(24)23-18(9-10-28-6)20(25)26-5/h7-8,13-18,22,27H,9-12,21H2,1-6H3,(H,23,24)/b8-7+/t15-,16+,17-,18+/m1/s1. The monoisotopic (exact) mass is 433 g/mol. The summed E-state index contributed by atoms with van der Waals surface area (Å²) in [6.07, 6.45) is 6.49. The van der Waals surface area contributed by atoms with Crippen LogP contribution in [0, 0.1) is 17.8 Å². The lowest BCUT2D eigenvalue weighted by atomic mass is 9.92. The quantitative estimate of drug-likeness (QED) is 0.190. The van der Waals surface area contributed by atoms with Gasteiger partial charge in [0.05, 0.1) is 13.0 Å². The number of nitrogens with one attached hydrogen (secondary N) is 2. The van der Waals surface area contributed by atoms with E-state index < -0.39 is 12.0 Å². The van der Waals surface area contributed by atoms with E-state index in [1.54, 1.807) is 11.8 Å². The third-order valence-corrected chi connectivity index (χ3v) is 5.64. The van der Waals surface area contributed by atoms with Gasteiger partial charge in [0.2, 0.25) is 5.91 Å². The second-order valence-corrected chi connectivity index (χ2v) is 8.99. The molecular formula is C20H39N3O3S2. The zero-order valence-corrected chi connectivity index (χ0v) is 19.8. The molecule has 0 heterocycles. The van der Waals surface area contributed by atoms with Gasteiger partial charge in [0.25, 0.3) is 0 Å². The number of carbonyl (C=O) groups excluding carboxylic acids is 2. The first-order valence-corrected chi connectivity index (χ1v) is 11.9. The molecular weight excluding hydrogens is 394 g/mol. The van der Waals surface area contributed by atoms with Crippen LogP contribution >= 0.6 is 24.4 Å². The Kier molecular flexibility index (Phi) is 14.8. The SMILES string of the molecule is COC(=O)[C@H](CCSC)NC(=O)[C@@H](/C=C/[C@@H](NC[C@@H](N)CS)C(C)C)C(C)C. The van der Waals surface area contributed by atoms with E-state index in [2.05, 4.69) is 37.1 Å². The van der Waals surface area contributed by atoms with Gasteiger partial charge >= 0.3 is 5.97 Å². The lowest BCUT2D eigenvalue weighted by Gasteiger charge is -2.24. The minimum Gasteiger partial charge on any atom is -0.467 e. The molecule has 164 valence electrons. The molecule has 0 spiro atoms. The molecule has 0 aliphatic heterocycles. The third kappa shape index (κ3) is 10.7. The molecule has 0 rings (SSSR count). The number of nitrogens with two attached hydrogens (primary N) is 1. The zero-order valence-electron chi connectivity index (χ0n) is 18.1. The van der Waals surface area contributed by atoms with Crippen LogP contribution in [0.15, 0.2) is 12.2 Å². The molecule has 28 heavy (non-hydrogen) atoms. The number of carbonyl (C=O) groups is 2. The number of methoxy groups -OCH3 is 1. The minimum atomic E-state index is -0.619. The number of thioether (sulfide) groups is 1. The maximum atomic E-state index is 12.8. The van der Waals surface area contributed by atoms with Gasteiger partial charge in [0, 0.05) is 24.4 Å². The second-order valence-electron chi connectivity index (χ2n) is 7.64. The van der Waals surface area contributed by atoms with Gasteiger partial charge in [-0.2, -0.15) is 24.4 Å². The van der Waals surface area contributed by atoms with Crippen molar-refractivity contribution in [1.29, 1.82) is 0 Å². The number of hydrogen-bond donors (Lipinski definition) is 4. The van der Waals surface area contributed by atoms with Crippen LogP contribution in [-0.4, -0.2) is 61.4 Å². The van der Waals surface area contributed by atoms with E-state index in [9.17, 15) is 9.59 Å². The van der Waals surface area contributed by atoms with E-state index >= 15 is 0 Å². The van der Waals surface area contributed by atoms with Crippen molar-refractivity contribution in [3.8, 4) is 0 Å². The van der Waals surface area contributed by atoms with E-state index in [1.807, 2.05) is 32.3 Å². The molecule has 0 fully saturated rings. The predicted molar refractivity (Wildman–Crippen MR) is 123 cm³/mol. The van der Waals surface area contributed by atoms with E-state index in [-0.39, 0.29) is 29.8 Å². The van der Waals surface area contributed by atoms with Crippen LogP contribution in [-0.2, 0) is 14.3 Å². The van der Waals surface area contributed by atoms with E-state index in [1.165, 1.54) is 7.11 Å². The van der Waals surface area contributed by atoms with Crippen molar-refractivity contribution >= 4 is 36.3 Å². The summed E-state index contributed by atoms with van der Waals surface area (Å²) in [5.74, 6) is 0.944. The molecule has 0 saturated heterocycles. The Balaban J connectivity index is 5.16. The fourth-order valence-electron chi connectivity index (χ4n) is 2.62. The zero-order chi connectivity index (χ0) is 21.7. The summed E-state index contributed by atoms with van der Waals surface area (Å²) < 4.78 is 4.84. The van der Waals surface area contributed by atoms with Crippen molar-refractivity contribution in [2.75, 3.05) is 31.4 Å². The molecule has 0 bridgehead atoms. The maximum absolute atomic E-state index is 12.8. The largest absolute Gasteiger partial charge is 0.467 e. The Labute approximate surface area is 180 Å². The number of thiol groups is 1. The fraction of sp³-hybridized carbons (Fsp3) is 0.800. The highest BCUT2D eigenvalue weighted by Crippen LogP contribution is 2.16. The number of rotatable bonds is 14. The lowest BCUT2D eigenvalue weighted by molar-refractivity contribution is -0.145. The average molecular weight is 434 g/mol. The Hall–Kier alpha value is -0.700. The van der Waals surface area contributed by atoms with Crippen molar-refractivity contribution in [3.05, 3.63) is 12.2 Å². The summed E-state index contributed by atoms with van der Waals surface area (Å²) in [4.78, 5) is 24.8. The molecule has 0 aliphatic carbocycles. The normalized spacial score (nSPS) is 16.2. The highest BCUT2D eigenvalue weighted by atomic mass is 32.2. The molecule has 0 aromatic carbocycles. The van der Waals surface area contributed by atoms with Crippen molar-refractivity contribution in [1.82, 2.24) is 10.6 Å². The van der Waals surface area contributed by atoms with Gasteiger partial charge in [-0.05, 0) is 30.3 Å². The summed E-state index contributed by atoms with van der Waals surface area (Å²) >= 11 is 5.84. The van der Waals surface area contributed by atoms with Gasteiger partial charge in [0.15, 0.2) is 0 Å². The Morgan fingerprint density at radius 1 is 1.18 bits per heavy atom.